The summed E-state index contributed by atoms with van der Waals surface area (Å²) in [6.45, 7) is 3.79. The minimum absolute atomic E-state index is 0.267. The number of halogens is 1. The molecule has 0 aliphatic heterocycles. The Kier molecular flexibility index (Phi) is 3.39. The van der Waals surface area contributed by atoms with Crippen LogP contribution in [0.4, 0.5) is 5.69 Å². The highest BCUT2D eigenvalue weighted by molar-refractivity contribution is 6.32. The number of hydrogen-bond acceptors (Lipinski definition) is 3. The van der Waals surface area contributed by atoms with Crippen LogP contribution in [-0.2, 0) is 0 Å². The highest BCUT2D eigenvalue weighted by Crippen LogP contribution is 2.29. The van der Waals surface area contributed by atoms with Crippen molar-refractivity contribution in [2.45, 2.75) is 13.8 Å². The maximum atomic E-state index is 12.1. The van der Waals surface area contributed by atoms with Gasteiger partial charge in [0.1, 0.15) is 0 Å². The van der Waals surface area contributed by atoms with Crippen LogP contribution in [0.15, 0.2) is 41.0 Å². The highest BCUT2D eigenvalue weighted by atomic mass is 35.5. The number of hydrogen-bond donors (Lipinski definition) is 1. The van der Waals surface area contributed by atoms with E-state index in [1.165, 1.54) is 6.26 Å². The second-order valence-electron chi connectivity index (χ2n) is 4.81. The maximum Gasteiger partial charge on any atom is 0.291 e. The van der Waals surface area contributed by atoms with Crippen LogP contribution in [0.5, 0.6) is 0 Å². The first-order valence-electron chi connectivity index (χ1n) is 6.47. The molecule has 3 aromatic rings. The van der Waals surface area contributed by atoms with E-state index in [9.17, 15) is 4.79 Å². The van der Waals surface area contributed by atoms with Gasteiger partial charge in [-0.3, -0.25) is 9.78 Å². The number of carbonyl (C=O) groups excluding carboxylic acids is 1. The number of furan rings is 1. The molecule has 1 amide bonds. The molecule has 2 heterocycles. The molecule has 1 aromatic carbocycles. The lowest BCUT2D eigenvalue weighted by Crippen LogP contribution is -2.11. The number of nitrogens with zero attached hydrogens (tertiary/aromatic N) is 1. The van der Waals surface area contributed by atoms with Gasteiger partial charge in [-0.1, -0.05) is 11.6 Å². The average Bonchev–Trinajstić information content (AvgIpc) is 2.97. The molecule has 0 fully saturated rings. The van der Waals surface area contributed by atoms with Gasteiger partial charge in [0.2, 0.25) is 0 Å². The SMILES string of the molecule is Cc1cc(NC(=O)c2ccco2)c2ccc(Cl)c(C)c2n1. The van der Waals surface area contributed by atoms with Gasteiger partial charge in [0.25, 0.3) is 5.91 Å². The van der Waals surface area contributed by atoms with Crippen LogP contribution in [0, 0.1) is 13.8 Å². The van der Waals surface area contributed by atoms with Gasteiger partial charge in [-0.05, 0) is 49.7 Å². The standard InChI is InChI=1S/C16H13ClN2O2/c1-9-8-13(19-16(20)14-4-3-7-21-14)11-5-6-12(17)10(2)15(11)18-9/h3-8H,1-2H3,(H,18,19,20). The Morgan fingerprint density at radius 3 is 2.81 bits per heavy atom. The Labute approximate surface area is 126 Å². The van der Waals surface area contributed by atoms with Crippen molar-refractivity contribution in [3.05, 3.63) is 58.6 Å². The maximum absolute atomic E-state index is 12.1. The number of benzene rings is 1. The third kappa shape index (κ3) is 2.50. The molecule has 3 rings (SSSR count). The summed E-state index contributed by atoms with van der Waals surface area (Å²) in [6, 6.07) is 8.78. The van der Waals surface area contributed by atoms with E-state index >= 15 is 0 Å². The lowest BCUT2D eigenvalue weighted by Gasteiger charge is -2.11. The molecule has 0 unspecified atom stereocenters. The molecule has 21 heavy (non-hydrogen) atoms. The van der Waals surface area contributed by atoms with Crippen molar-refractivity contribution in [2.75, 3.05) is 5.32 Å². The number of nitrogens with one attached hydrogen (secondary N) is 1. The summed E-state index contributed by atoms with van der Waals surface area (Å²) in [5, 5.41) is 4.36. The predicted molar refractivity (Wildman–Crippen MR) is 82.9 cm³/mol. The van der Waals surface area contributed by atoms with E-state index in [1.54, 1.807) is 18.2 Å². The summed E-state index contributed by atoms with van der Waals surface area (Å²) >= 11 is 6.14. The van der Waals surface area contributed by atoms with E-state index in [4.69, 9.17) is 16.0 Å². The van der Waals surface area contributed by atoms with Gasteiger partial charge in [0.15, 0.2) is 5.76 Å². The zero-order chi connectivity index (χ0) is 15.0. The van der Waals surface area contributed by atoms with Crippen molar-refractivity contribution in [1.29, 1.82) is 0 Å². The molecule has 0 aliphatic rings. The number of carbonyl (C=O) groups is 1. The second kappa shape index (κ2) is 5.22. The van der Waals surface area contributed by atoms with Crippen molar-refractivity contribution in [3.63, 3.8) is 0 Å². The molecule has 5 heteroatoms. The summed E-state index contributed by atoms with van der Waals surface area (Å²) < 4.78 is 5.10. The van der Waals surface area contributed by atoms with Crippen molar-refractivity contribution < 1.29 is 9.21 Å². The molecule has 0 saturated heterocycles. The van der Waals surface area contributed by atoms with Crippen LogP contribution < -0.4 is 5.32 Å². The van der Waals surface area contributed by atoms with Gasteiger partial charge in [0, 0.05) is 16.1 Å². The van der Waals surface area contributed by atoms with Gasteiger partial charge >= 0.3 is 0 Å². The van der Waals surface area contributed by atoms with Gasteiger partial charge < -0.3 is 9.73 Å². The quantitative estimate of drug-likeness (QED) is 0.765. The van der Waals surface area contributed by atoms with Gasteiger partial charge in [-0.25, -0.2) is 0 Å². The van der Waals surface area contributed by atoms with Crippen LogP contribution in [0.25, 0.3) is 10.9 Å². The first kappa shape index (κ1) is 13.6. The first-order valence-corrected chi connectivity index (χ1v) is 6.85. The largest absolute Gasteiger partial charge is 0.459 e. The van der Waals surface area contributed by atoms with E-state index in [-0.39, 0.29) is 11.7 Å². The van der Waals surface area contributed by atoms with E-state index in [2.05, 4.69) is 10.3 Å². The lowest BCUT2D eigenvalue weighted by molar-refractivity contribution is 0.0997. The summed E-state index contributed by atoms with van der Waals surface area (Å²) in [5.41, 5.74) is 3.19. The van der Waals surface area contributed by atoms with Crippen molar-refractivity contribution in [1.82, 2.24) is 4.98 Å². The smallest absolute Gasteiger partial charge is 0.291 e. The summed E-state index contributed by atoms with van der Waals surface area (Å²) in [5.74, 6) is -0.0252. The molecule has 0 aliphatic carbocycles. The van der Waals surface area contributed by atoms with Crippen LogP contribution in [0.2, 0.25) is 5.02 Å². The van der Waals surface area contributed by atoms with Crippen molar-refractivity contribution in [3.8, 4) is 0 Å². The minimum Gasteiger partial charge on any atom is -0.459 e. The molecular formula is C16H13ClN2O2. The number of anilines is 1. The van der Waals surface area contributed by atoms with E-state index in [1.807, 2.05) is 26.0 Å². The number of pyridine rings is 1. The number of rotatable bonds is 2. The number of amides is 1. The molecule has 0 atom stereocenters. The molecule has 0 saturated carbocycles. The second-order valence-corrected chi connectivity index (χ2v) is 5.22. The third-order valence-corrected chi connectivity index (χ3v) is 3.70. The summed E-state index contributed by atoms with van der Waals surface area (Å²) in [7, 11) is 0. The van der Waals surface area contributed by atoms with Gasteiger partial charge in [0.05, 0.1) is 17.5 Å². The highest BCUT2D eigenvalue weighted by Gasteiger charge is 2.13. The summed E-state index contributed by atoms with van der Waals surface area (Å²) in [4.78, 5) is 16.6. The van der Waals surface area contributed by atoms with Crippen LogP contribution in [-0.4, -0.2) is 10.9 Å². The average molecular weight is 301 g/mol. The molecule has 4 nitrogen and oxygen atoms in total. The molecule has 106 valence electrons. The first-order chi connectivity index (χ1) is 10.1. The predicted octanol–water partition coefficient (Wildman–Crippen LogP) is 4.35. The molecule has 0 bridgehead atoms. The van der Waals surface area contributed by atoms with Crippen LogP contribution in [0.3, 0.4) is 0 Å². The van der Waals surface area contributed by atoms with E-state index < -0.39 is 0 Å². The fourth-order valence-corrected chi connectivity index (χ4v) is 2.38. The molecule has 0 spiro atoms. The lowest BCUT2D eigenvalue weighted by atomic mass is 10.1. The molecule has 1 N–H and O–H groups in total. The monoisotopic (exact) mass is 300 g/mol. The Morgan fingerprint density at radius 1 is 1.29 bits per heavy atom. The van der Waals surface area contributed by atoms with Crippen LogP contribution >= 0.6 is 11.6 Å². The Hall–Kier alpha value is -2.33. The van der Waals surface area contributed by atoms with Crippen molar-refractivity contribution >= 4 is 34.1 Å². The minimum atomic E-state index is -0.292. The fourth-order valence-electron chi connectivity index (χ4n) is 2.23. The van der Waals surface area contributed by atoms with Gasteiger partial charge in [-0.15, -0.1) is 0 Å². The zero-order valence-corrected chi connectivity index (χ0v) is 12.4. The van der Waals surface area contributed by atoms with Gasteiger partial charge in [-0.2, -0.15) is 0 Å². The zero-order valence-electron chi connectivity index (χ0n) is 11.6. The van der Waals surface area contributed by atoms with E-state index in [0.29, 0.717) is 10.7 Å². The van der Waals surface area contributed by atoms with Crippen molar-refractivity contribution in [2.24, 2.45) is 0 Å². The Balaban J connectivity index is 2.10. The molecule has 2 aromatic heterocycles. The Bertz CT molecular complexity index is 826. The normalized spacial score (nSPS) is 10.8. The summed E-state index contributed by atoms with van der Waals surface area (Å²) in [6.07, 6.45) is 1.47. The number of fused-ring (bicyclic) bond motifs is 1. The van der Waals surface area contributed by atoms with Crippen LogP contribution in [0.1, 0.15) is 21.8 Å². The molecular weight excluding hydrogens is 288 g/mol. The number of aryl methyl sites for hydroxylation is 2. The Morgan fingerprint density at radius 2 is 2.10 bits per heavy atom. The fraction of sp³-hybridized carbons (Fsp3) is 0.125. The number of aromatic nitrogens is 1. The third-order valence-electron chi connectivity index (χ3n) is 3.29. The van der Waals surface area contributed by atoms with E-state index in [0.717, 1.165) is 22.2 Å². The molecule has 0 radical (unpaired) electrons. The topological polar surface area (TPSA) is 55.1 Å².